The molecule has 0 N–H and O–H groups in total. The van der Waals surface area contributed by atoms with Gasteiger partial charge in [0.2, 0.25) is 0 Å². The van der Waals surface area contributed by atoms with Gasteiger partial charge in [0.25, 0.3) is 0 Å². The van der Waals surface area contributed by atoms with Crippen LogP contribution in [0.5, 0.6) is 0 Å². The van der Waals surface area contributed by atoms with Crippen molar-refractivity contribution in [2.45, 2.75) is 44.9 Å². The minimum absolute atomic E-state index is 0.00673. The summed E-state index contributed by atoms with van der Waals surface area (Å²) >= 11 is 0. The van der Waals surface area contributed by atoms with Crippen LogP contribution in [0.25, 0.3) is 5.57 Å². The fourth-order valence-corrected chi connectivity index (χ4v) is 3.99. The van der Waals surface area contributed by atoms with Gasteiger partial charge in [-0.25, -0.2) is 9.18 Å². The number of nitrogens with zero attached hydrogens (tertiary/aromatic N) is 1. The smallest absolute Gasteiger partial charge is 0.410 e. The average molecular weight is 351 g/mol. The molecule has 1 fully saturated rings. The number of hydrogen-bond donors (Lipinski definition) is 0. The second-order valence-electron chi connectivity index (χ2n) is 7.13. The molecule has 134 valence electrons. The summed E-state index contributed by atoms with van der Waals surface area (Å²) in [5.74, 6) is -0.184. The Morgan fingerprint density at radius 2 is 2.00 bits per heavy atom. The molecule has 1 amide bonds. The van der Waals surface area contributed by atoms with Gasteiger partial charge in [-0.2, -0.15) is 0 Å². The van der Waals surface area contributed by atoms with E-state index < -0.39 is 0 Å². The van der Waals surface area contributed by atoms with Gasteiger partial charge in [0.1, 0.15) is 12.4 Å². The summed E-state index contributed by atoms with van der Waals surface area (Å²) in [5, 5.41) is 0. The molecule has 1 saturated heterocycles. The van der Waals surface area contributed by atoms with E-state index in [1.807, 2.05) is 60.4 Å². The van der Waals surface area contributed by atoms with Crippen molar-refractivity contribution in [3.63, 3.8) is 0 Å². The second-order valence-corrected chi connectivity index (χ2v) is 7.13. The fraction of sp³-hybridized carbons (Fsp3) is 0.318. The lowest BCUT2D eigenvalue weighted by Crippen LogP contribution is -2.43. The lowest BCUT2D eigenvalue weighted by atomic mass is 9.94. The van der Waals surface area contributed by atoms with E-state index >= 15 is 0 Å². The number of benzene rings is 2. The maximum atomic E-state index is 14.3. The molecule has 0 aromatic heterocycles. The normalized spacial score (nSPS) is 21.5. The SMILES string of the molecule is Cc1ccc(C2=CC3CCC(C2)N3C(=O)OCc2ccccc2)c(F)c1. The number of amides is 1. The molecule has 2 bridgehead atoms. The van der Waals surface area contributed by atoms with Crippen molar-refractivity contribution in [1.82, 2.24) is 4.90 Å². The fourth-order valence-electron chi connectivity index (χ4n) is 3.99. The maximum absolute atomic E-state index is 14.3. The van der Waals surface area contributed by atoms with Crippen LogP contribution in [0.1, 0.15) is 36.0 Å². The predicted octanol–water partition coefficient (Wildman–Crippen LogP) is 5.09. The minimum Gasteiger partial charge on any atom is -0.445 e. The van der Waals surface area contributed by atoms with E-state index in [0.29, 0.717) is 12.0 Å². The maximum Gasteiger partial charge on any atom is 0.410 e. The van der Waals surface area contributed by atoms with Crippen LogP contribution in [-0.2, 0) is 11.3 Å². The Balaban J connectivity index is 1.49. The summed E-state index contributed by atoms with van der Waals surface area (Å²) in [6.45, 7) is 2.16. The van der Waals surface area contributed by atoms with Crippen LogP contribution in [0.4, 0.5) is 9.18 Å². The number of fused-ring (bicyclic) bond motifs is 2. The average Bonchev–Trinajstić information content (AvgIpc) is 2.90. The Labute approximate surface area is 153 Å². The minimum atomic E-state index is -0.277. The van der Waals surface area contributed by atoms with E-state index in [9.17, 15) is 9.18 Å². The molecule has 0 aliphatic carbocycles. The van der Waals surface area contributed by atoms with Gasteiger partial charge in [0.15, 0.2) is 0 Å². The lowest BCUT2D eigenvalue weighted by molar-refractivity contribution is 0.0832. The third-order valence-corrected chi connectivity index (χ3v) is 5.28. The molecule has 2 unspecified atom stereocenters. The summed E-state index contributed by atoms with van der Waals surface area (Å²) in [6.07, 6.45) is 4.28. The number of aryl methyl sites for hydroxylation is 1. The Kier molecular flexibility index (Phi) is 4.49. The van der Waals surface area contributed by atoms with Crippen LogP contribution in [-0.4, -0.2) is 23.1 Å². The Morgan fingerprint density at radius 1 is 1.19 bits per heavy atom. The van der Waals surface area contributed by atoms with Gasteiger partial charge < -0.3 is 4.74 Å². The second kappa shape index (κ2) is 6.94. The third kappa shape index (κ3) is 3.24. The van der Waals surface area contributed by atoms with Crippen molar-refractivity contribution in [1.29, 1.82) is 0 Å². The van der Waals surface area contributed by atoms with Crippen LogP contribution in [0.2, 0.25) is 0 Å². The van der Waals surface area contributed by atoms with E-state index in [4.69, 9.17) is 4.74 Å². The topological polar surface area (TPSA) is 29.5 Å². The highest BCUT2D eigenvalue weighted by molar-refractivity contribution is 5.75. The molecule has 0 spiro atoms. The molecule has 4 heteroatoms. The van der Waals surface area contributed by atoms with Crippen molar-refractivity contribution in [2.75, 3.05) is 0 Å². The summed E-state index contributed by atoms with van der Waals surface area (Å²) in [4.78, 5) is 14.4. The molecule has 0 saturated carbocycles. The van der Waals surface area contributed by atoms with Crippen LogP contribution in [0.3, 0.4) is 0 Å². The van der Waals surface area contributed by atoms with Gasteiger partial charge in [-0.1, -0.05) is 48.5 Å². The quantitative estimate of drug-likeness (QED) is 0.771. The molecule has 4 rings (SSSR count). The van der Waals surface area contributed by atoms with E-state index in [1.54, 1.807) is 6.07 Å². The molecule has 3 nitrogen and oxygen atoms in total. The number of halogens is 1. The van der Waals surface area contributed by atoms with Gasteiger partial charge >= 0.3 is 6.09 Å². The number of ether oxygens (including phenoxy) is 1. The molecular weight excluding hydrogens is 329 g/mol. The Hall–Kier alpha value is -2.62. The van der Waals surface area contributed by atoms with Crippen molar-refractivity contribution in [2.24, 2.45) is 0 Å². The predicted molar refractivity (Wildman–Crippen MR) is 99.0 cm³/mol. The summed E-state index contributed by atoms with van der Waals surface area (Å²) in [7, 11) is 0. The van der Waals surface area contributed by atoms with Gasteiger partial charge in [-0.05, 0) is 49.0 Å². The van der Waals surface area contributed by atoms with E-state index in [-0.39, 0.29) is 30.6 Å². The molecule has 2 aliphatic rings. The first kappa shape index (κ1) is 16.8. The molecule has 2 aliphatic heterocycles. The molecule has 0 radical (unpaired) electrons. The lowest BCUT2D eigenvalue weighted by Gasteiger charge is -2.33. The first-order chi connectivity index (χ1) is 12.6. The van der Waals surface area contributed by atoms with E-state index in [1.165, 1.54) is 0 Å². The van der Waals surface area contributed by atoms with E-state index in [0.717, 1.165) is 29.5 Å². The van der Waals surface area contributed by atoms with E-state index in [2.05, 4.69) is 0 Å². The van der Waals surface area contributed by atoms with Gasteiger partial charge in [0, 0.05) is 11.6 Å². The summed E-state index contributed by atoms with van der Waals surface area (Å²) < 4.78 is 19.8. The van der Waals surface area contributed by atoms with Crippen LogP contribution in [0.15, 0.2) is 54.6 Å². The molecule has 2 atom stereocenters. The third-order valence-electron chi connectivity index (χ3n) is 5.28. The van der Waals surface area contributed by atoms with Gasteiger partial charge in [-0.15, -0.1) is 0 Å². The van der Waals surface area contributed by atoms with Crippen LogP contribution in [0, 0.1) is 12.7 Å². The standard InChI is InChI=1S/C22H22FNO2/c1-15-7-10-20(21(23)11-15)17-12-18-8-9-19(13-17)24(18)22(25)26-14-16-5-3-2-4-6-16/h2-7,10-12,18-19H,8-9,13-14H2,1H3. The van der Waals surface area contributed by atoms with Gasteiger partial charge in [-0.3, -0.25) is 4.90 Å². The molecule has 2 heterocycles. The highest BCUT2D eigenvalue weighted by atomic mass is 19.1. The first-order valence-electron chi connectivity index (χ1n) is 9.08. The van der Waals surface area contributed by atoms with Crippen molar-refractivity contribution < 1.29 is 13.9 Å². The number of rotatable bonds is 3. The first-order valence-corrected chi connectivity index (χ1v) is 9.08. The number of hydrogen-bond acceptors (Lipinski definition) is 2. The summed E-state index contributed by atoms with van der Waals surface area (Å²) in [5.41, 5.74) is 3.55. The molecule has 2 aromatic carbocycles. The van der Waals surface area contributed by atoms with Crippen LogP contribution >= 0.6 is 0 Å². The largest absolute Gasteiger partial charge is 0.445 e. The Bertz CT molecular complexity index is 846. The van der Waals surface area contributed by atoms with Crippen LogP contribution < -0.4 is 0 Å². The zero-order chi connectivity index (χ0) is 18.1. The van der Waals surface area contributed by atoms with Crippen molar-refractivity contribution >= 4 is 11.7 Å². The summed E-state index contributed by atoms with van der Waals surface area (Å²) in [6, 6.07) is 15.1. The number of carbonyl (C=O) groups is 1. The zero-order valence-electron chi connectivity index (χ0n) is 14.8. The molecular formula is C22H22FNO2. The highest BCUT2D eigenvalue weighted by Gasteiger charge is 2.40. The molecule has 2 aromatic rings. The van der Waals surface area contributed by atoms with Crippen molar-refractivity contribution in [3.8, 4) is 0 Å². The molecule has 26 heavy (non-hydrogen) atoms. The Morgan fingerprint density at radius 3 is 2.73 bits per heavy atom. The monoisotopic (exact) mass is 351 g/mol. The zero-order valence-corrected chi connectivity index (χ0v) is 14.8. The van der Waals surface area contributed by atoms with Crippen molar-refractivity contribution in [3.05, 3.63) is 77.1 Å². The van der Waals surface area contributed by atoms with Gasteiger partial charge in [0.05, 0.1) is 6.04 Å². The number of carbonyl (C=O) groups excluding carboxylic acids is 1. The highest BCUT2D eigenvalue weighted by Crippen LogP contribution is 2.39.